The Morgan fingerprint density at radius 3 is 2.36 bits per heavy atom. The summed E-state index contributed by atoms with van der Waals surface area (Å²) < 4.78 is 38.4. The average Bonchev–Trinajstić information content (AvgIpc) is 3.12. The third kappa shape index (κ3) is 3.63. The lowest BCUT2D eigenvalue weighted by atomic mass is 10.2. The van der Waals surface area contributed by atoms with Gasteiger partial charge in [-0.15, -0.1) is 0 Å². The van der Waals surface area contributed by atoms with E-state index in [0.29, 0.717) is 23.3 Å². The number of anilines is 1. The fraction of sp³-hybridized carbons (Fsp3) is 0.294. The van der Waals surface area contributed by atoms with Gasteiger partial charge in [0, 0.05) is 16.5 Å². The first kappa shape index (κ1) is 17.3. The number of nitrogens with one attached hydrogen (secondary N) is 1. The van der Waals surface area contributed by atoms with Gasteiger partial charge in [0.25, 0.3) is 5.91 Å². The Bertz CT molecular complexity index is 891. The van der Waals surface area contributed by atoms with Crippen LogP contribution in [-0.2, 0) is 9.84 Å². The van der Waals surface area contributed by atoms with E-state index in [1.165, 1.54) is 36.4 Å². The molecule has 1 aliphatic carbocycles. The van der Waals surface area contributed by atoms with E-state index in [1.54, 1.807) is 0 Å². The lowest BCUT2D eigenvalue weighted by Gasteiger charge is -2.08. The van der Waals surface area contributed by atoms with Gasteiger partial charge in [0.15, 0.2) is 0 Å². The molecule has 1 aromatic heterocycles. The lowest BCUT2D eigenvalue weighted by molar-refractivity contribution is -0.933. The molecule has 1 amide bonds. The second kappa shape index (κ2) is 6.79. The summed E-state index contributed by atoms with van der Waals surface area (Å²) in [6, 6.07) is 7.79. The maximum atomic E-state index is 12.9. The van der Waals surface area contributed by atoms with Crippen LogP contribution in [0, 0.1) is 5.82 Å². The van der Waals surface area contributed by atoms with Gasteiger partial charge in [-0.1, -0.05) is 12.8 Å². The number of amides is 1. The number of hydrogen-bond acceptors (Lipinski definition) is 4. The number of carbonyl (C=O) groups is 1. The fourth-order valence-corrected chi connectivity index (χ4v) is 4.81. The van der Waals surface area contributed by atoms with Crippen molar-refractivity contribution in [3.05, 3.63) is 54.0 Å². The molecule has 0 radical (unpaired) electrons. The van der Waals surface area contributed by atoms with Crippen LogP contribution in [0.25, 0.3) is 0 Å². The molecule has 6 nitrogen and oxygen atoms in total. The van der Waals surface area contributed by atoms with Crippen LogP contribution >= 0.6 is 0 Å². The maximum absolute atomic E-state index is 12.9. The van der Waals surface area contributed by atoms with Gasteiger partial charge in [0.2, 0.25) is 16.0 Å². The van der Waals surface area contributed by atoms with Crippen molar-refractivity contribution in [1.29, 1.82) is 0 Å². The molecule has 0 saturated heterocycles. The number of benzene rings is 1. The summed E-state index contributed by atoms with van der Waals surface area (Å²) in [5.74, 6) is -0.966. The standard InChI is InChI=1S/C17H17FN2O4S/c18-13-6-8-14(9-7-13)19-17(21)12-5-10-16(20(22)11-12)25(23,24)15-3-1-2-4-15/h5-11,15H,1-4H2,(H-,19,21,22)/p+1. The smallest absolute Gasteiger partial charge is 0.322 e. The van der Waals surface area contributed by atoms with Crippen molar-refractivity contribution in [2.24, 2.45) is 0 Å². The molecule has 1 heterocycles. The second-order valence-corrected chi connectivity index (χ2v) is 8.19. The quantitative estimate of drug-likeness (QED) is 0.643. The number of halogens is 1. The first-order valence-electron chi connectivity index (χ1n) is 7.94. The molecule has 0 atom stereocenters. The predicted molar refractivity (Wildman–Crippen MR) is 87.6 cm³/mol. The summed E-state index contributed by atoms with van der Waals surface area (Å²) >= 11 is 0. The lowest BCUT2D eigenvalue weighted by Crippen LogP contribution is -2.40. The normalized spacial score (nSPS) is 15.2. The highest BCUT2D eigenvalue weighted by atomic mass is 32.2. The van der Waals surface area contributed by atoms with Crippen LogP contribution < -0.4 is 10.0 Å². The van der Waals surface area contributed by atoms with Crippen LogP contribution in [0.4, 0.5) is 10.1 Å². The third-order valence-electron chi connectivity index (χ3n) is 4.29. The SMILES string of the molecule is O=C(Nc1ccc(F)cc1)c1ccc(S(=O)(=O)C2CCCC2)[n+](O)c1. The molecule has 25 heavy (non-hydrogen) atoms. The van der Waals surface area contributed by atoms with Crippen molar-refractivity contribution in [2.45, 2.75) is 36.0 Å². The van der Waals surface area contributed by atoms with Crippen LogP contribution in [0.5, 0.6) is 0 Å². The van der Waals surface area contributed by atoms with E-state index in [9.17, 15) is 22.8 Å². The maximum Gasteiger partial charge on any atom is 0.347 e. The van der Waals surface area contributed by atoms with Crippen molar-refractivity contribution in [1.82, 2.24) is 0 Å². The molecule has 0 bridgehead atoms. The second-order valence-electron chi connectivity index (χ2n) is 6.01. The number of pyridine rings is 1. The first-order valence-corrected chi connectivity index (χ1v) is 9.48. The zero-order chi connectivity index (χ0) is 18.0. The number of carbonyl (C=O) groups excluding carboxylic acids is 1. The molecule has 3 rings (SSSR count). The highest BCUT2D eigenvalue weighted by Crippen LogP contribution is 2.28. The molecule has 0 aliphatic heterocycles. The van der Waals surface area contributed by atoms with E-state index in [2.05, 4.69) is 5.32 Å². The van der Waals surface area contributed by atoms with Crippen LogP contribution in [-0.4, -0.2) is 24.8 Å². The van der Waals surface area contributed by atoms with Crippen molar-refractivity contribution in [2.75, 3.05) is 5.32 Å². The number of aromatic nitrogens is 1. The summed E-state index contributed by atoms with van der Waals surface area (Å²) in [5, 5.41) is 11.9. The highest BCUT2D eigenvalue weighted by molar-refractivity contribution is 7.91. The first-order chi connectivity index (χ1) is 11.9. The Balaban J connectivity index is 1.81. The Morgan fingerprint density at radius 1 is 1.12 bits per heavy atom. The highest BCUT2D eigenvalue weighted by Gasteiger charge is 2.37. The Morgan fingerprint density at radius 2 is 1.76 bits per heavy atom. The molecular formula is C17H18FN2O4S+. The number of sulfone groups is 1. The van der Waals surface area contributed by atoms with Crippen LogP contribution in [0.3, 0.4) is 0 Å². The van der Waals surface area contributed by atoms with Gasteiger partial charge in [0.1, 0.15) is 11.4 Å². The number of nitrogens with zero attached hydrogens (tertiary/aromatic N) is 1. The van der Waals surface area contributed by atoms with Crippen molar-refractivity contribution >= 4 is 21.4 Å². The van der Waals surface area contributed by atoms with E-state index >= 15 is 0 Å². The molecule has 8 heteroatoms. The molecular weight excluding hydrogens is 347 g/mol. The van der Waals surface area contributed by atoms with Crippen LogP contribution in [0.15, 0.2) is 47.6 Å². The van der Waals surface area contributed by atoms with Gasteiger partial charge in [-0.3, -0.25) is 10.0 Å². The van der Waals surface area contributed by atoms with Gasteiger partial charge in [-0.25, -0.2) is 12.8 Å². The van der Waals surface area contributed by atoms with E-state index in [0.717, 1.165) is 19.0 Å². The van der Waals surface area contributed by atoms with Crippen molar-refractivity contribution < 1.29 is 27.5 Å². The molecule has 2 aromatic rings. The van der Waals surface area contributed by atoms with Gasteiger partial charge >= 0.3 is 5.03 Å². The summed E-state index contributed by atoms with van der Waals surface area (Å²) in [6.07, 6.45) is 3.92. The van der Waals surface area contributed by atoms with Crippen LogP contribution in [0.1, 0.15) is 36.0 Å². The predicted octanol–water partition coefficient (Wildman–Crippen LogP) is 2.32. The number of rotatable bonds is 4. The van der Waals surface area contributed by atoms with E-state index in [4.69, 9.17) is 0 Å². The molecule has 0 spiro atoms. The fourth-order valence-electron chi connectivity index (χ4n) is 2.94. The Hall–Kier alpha value is -2.48. The molecule has 0 unspecified atom stereocenters. The summed E-state index contributed by atoms with van der Waals surface area (Å²) in [5.41, 5.74) is 0.468. The molecule has 1 aromatic carbocycles. The zero-order valence-corrected chi connectivity index (χ0v) is 14.2. The molecule has 132 valence electrons. The Kier molecular flexibility index (Phi) is 4.71. The minimum absolute atomic E-state index is 0.0807. The summed E-state index contributed by atoms with van der Waals surface area (Å²) in [7, 11) is -3.64. The molecule has 1 fully saturated rings. The minimum Gasteiger partial charge on any atom is -0.322 e. The van der Waals surface area contributed by atoms with Gasteiger partial charge in [-0.05, 0) is 43.2 Å². The summed E-state index contributed by atoms with van der Waals surface area (Å²) in [6.45, 7) is 0. The van der Waals surface area contributed by atoms with Gasteiger partial charge in [-0.2, -0.15) is 0 Å². The van der Waals surface area contributed by atoms with Crippen molar-refractivity contribution in [3.8, 4) is 0 Å². The van der Waals surface area contributed by atoms with E-state index in [-0.39, 0.29) is 10.6 Å². The topological polar surface area (TPSA) is 87.4 Å². The minimum atomic E-state index is -3.64. The van der Waals surface area contributed by atoms with Crippen LogP contribution in [0.2, 0.25) is 0 Å². The number of hydrogen-bond donors (Lipinski definition) is 2. The molecule has 2 N–H and O–H groups in total. The van der Waals surface area contributed by atoms with E-state index < -0.39 is 26.8 Å². The molecule has 1 saturated carbocycles. The van der Waals surface area contributed by atoms with Gasteiger partial charge in [0.05, 0.1) is 5.25 Å². The van der Waals surface area contributed by atoms with Gasteiger partial charge < -0.3 is 5.32 Å². The third-order valence-corrected chi connectivity index (χ3v) is 6.54. The molecule has 1 aliphatic rings. The monoisotopic (exact) mass is 365 g/mol. The van der Waals surface area contributed by atoms with E-state index in [1.807, 2.05) is 0 Å². The Labute approximate surface area is 144 Å². The zero-order valence-electron chi connectivity index (χ0n) is 13.4. The largest absolute Gasteiger partial charge is 0.347 e. The average molecular weight is 365 g/mol. The van der Waals surface area contributed by atoms with Crippen molar-refractivity contribution in [3.63, 3.8) is 0 Å². The summed E-state index contributed by atoms with van der Waals surface area (Å²) in [4.78, 5) is 12.2.